The van der Waals surface area contributed by atoms with Crippen LogP contribution in [0.25, 0.3) is 0 Å². The first-order chi connectivity index (χ1) is 6.59. The lowest BCUT2D eigenvalue weighted by Crippen LogP contribution is -2.15. The van der Waals surface area contributed by atoms with E-state index in [4.69, 9.17) is 5.73 Å². The summed E-state index contributed by atoms with van der Waals surface area (Å²) in [6.07, 6.45) is 1.19. The maximum Gasteiger partial charge on any atom is 0.0314 e. The van der Waals surface area contributed by atoms with Crippen molar-refractivity contribution in [2.75, 3.05) is 26.4 Å². The molecular formula is C12H20N2. The standard InChI is InChI=1S/C12H20N2/c1-10(8-9-14(2)3)11-4-6-12(13)7-5-11/h4-7,10H,8-9,13H2,1-3H3. The van der Waals surface area contributed by atoms with Gasteiger partial charge in [-0.2, -0.15) is 0 Å². The Balaban J connectivity index is 2.52. The molecule has 0 saturated carbocycles. The van der Waals surface area contributed by atoms with E-state index in [-0.39, 0.29) is 0 Å². The maximum atomic E-state index is 5.64. The van der Waals surface area contributed by atoms with Crippen LogP contribution in [0.2, 0.25) is 0 Å². The molecule has 0 amide bonds. The minimum atomic E-state index is 0.609. The molecule has 0 saturated heterocycles. The first-order valence-electron chi connectivity index (χ1n) is 5.09. The SMILES string of the molecule is CC(CCN(C)C)c1ccc(N)cc1. The molecule has 0 fully saturated rings. The largest absolute Gasteiger partial charge is 0.399 e. The van der Waals surface area contributed by atoms with Crippen LogP contribution in [0, 0.1) is 0 Å². The van der Waals surface area contributed by atoms with Gasteiger partial charge in [0.2, 0.25) is 0 Å². The average molecular weight is 192 g/mol. The Morgan fingerprint density at radius 1 is 1.21 bits per heavy atom. The Hall–Kier alpha value is -1.02. The van der Waals surface area contributed by atoms with E-state index in [2.05, 4.69) is 38.1 Å². The molecule has 0 radical (unpaired) electrons. The lowest BCUT2D eigenvalue weighted by Gasteiger charge is -2.15. The highest BCUT2D eigenvalue weighted by Crippen LogP contribution is 2.19. The molecule has 1 rings (SSSR count). The second kappa shape index (κ2) is 5.01. The van der Waals surface area contributed by atoms with Crippen molar-refractivity contribution >= 4 is 5.69 Å². The molecule has 2 heteroatoms. The molecule has 1 aromatic rings. The minimum Gasteiger partial charge on any atom is -0.399 e. The first-order valence-corrected chi connectivity index (χ1v) is 5.09. The highest BCUT2D eigenvalue weighted by Gasteiger charge is 2.05. The molecule has 0 bridgehead atoms. The third kappa shape index (κ3) is 3.38. The molecule has 14 heavy (non-hydrogen) atoms. The first kappa shape index (κ1) is 11.1. The summed E-state index contributed by atoms with van der Waals surface area (Å²) >= 11 is 0. The van der Waals surface area contributed by atoms with Gasteiger partial charge in [0, 0.05) is 5.69 Å². The molecule has 1 aromatic carbocycles. The fraction of sp³-hybridized carbons (Fsp3) is 0.500. The fourth-order valence-electron chi connectivity index (χ4n) is 1.44. The summed E-state index contributed by atoms with van der Waals surface area (Å²) in [5.74, 6) is 0.609. The third-order valence-electron chi connectivity index (χ3n) is 2.51. The van der Waals surface area contributed by atoms with E-state index in [0.29, 0.717) is 5.92 Å². The maximum absolute atomic E-state index is 5.64. The van der Waals surface area contributed by atoms with Gasteiger partial charge in [-0.25, -0.2) is 0 Å². The van der Waals surface area contributed by atoms with Crippen LogP contribution in [0.3, 0.4) is 0 Å². The van der Waals surface area contributed by atoms with E-state index in [1.807, 2.05) is 12.1 Å². The average Bonchev–Trinajstić information content (AvgIpc) is 2.15. The Morgan fingerprint density at radius 2 is 1.79 bits per heavy atom. The summed E-state index contributed by atoms with van der Waals surface area (Å²) < 4.78 is 0. The van der Waals surface area contributed by atoms with Crippen molar-refractivity contribution in [1.29, 1.82) is 0 Å². The normalized spacial score (nSPS) is 13.1. The van der Waals surface area contributed by atoms with Gasteiger partial charge in [-0.05, 0) is 50.7 Å². The predicted molar refractivity (Wildman–Crippen MR) is 62.4 cm³/mol. The Kier molecular flexibility index (Phi) is 3.96. The summed E-state index contributed by atoms with van der Waals surface area (Å²) in [6, 6.07) is 8.19. The molecule has 0 heterocycles. The van der Waals surface area contributed by atoms with Gasteiger partial charge in [-0.15, -0.1) is 0 Å². The topological polar surface area (TPSA) is 29.3 Å². The molecule has 0 aliphatic rings. The second-order valence-corrected chi connectivity index (χ2v) is 4.16. The number of anilines is 1. The quantitative estimate of drug-likeness (QED) is 0.742. The number of nitrogens with zero attached hydrogens (tertiary/aromatic N) is 1. The van der Waals surface area contributed by atoms with Crippen LogP contribution in [0.1, 0.15) is 24.8 Å². The zero-order valence-electron chi connectivity index (χ0n) is 9.33. The second-order valence-electron chi connectivity index (χ2n) is 4.16. The van der Waals surface area contributed by atoms with E-state index in [1.165, 1.54) is 12.0 Å². The molecule has 1 unspecified atom stereocenters. The highest BCUT2D eigenvalue weighted by molar-refractivity contribution is 5.40. The van der Waals surface area contributed by atoms with Gasteiger partial charge >= 0.3 is 0 Å². The van der Waals surface area contributed by atoms with Gasteiger partial charge in [-0.3, -0.25) is 0 Å². The number of nitrogen functional groups attached to an aromatic ring is 1. The molecule has 2 nitrogen and oxygen atoms in total. The van der Waals surface area contributed by atoms with Gasteiger partial charge in [0.1, 0.15) is 0 Å². The molecular weight excluding hydrogens is 172 g/mol. The van der Waals surface area contributed by atoms with Gasteiger partial charge in [0.05, 0.1) is 0 Å². The smallest absolute Gasteiger partial charge is 0.0314 e. The minimum absolute atomic E-state index is 0.609. The van der Waals surface area contributed by atoms with Crippen LogP contribution in [0.15, 0.2) is 24.3 Å². The zero-order valence-corrected chi connectivity index (χ0v) is 9.33. The highest BCUT2D eigenvalue weighted by atomic mass is 15.0. The van der Waals surface area contributed by atoms with E-state index >= 15 is 0 Å². The molecule has 0 aromatic heterocycles. The van der Waals surface area contributed by atoms with Gasteiger partial charge in [0.15, 0.2) is 0 Å². The monoisotopic (exact) mass is 192 g/mol. The zero-order chi connectivity index (χ0) is 10.6. The van der Waals surface area contributed by atoms with Gasteiger partial charge in [0.25, 0.3) is 0 Å². The summed E-state index contributed by atoms with van der Waals surface area (Å²) in [7, 11) is 4.21. The molecule has 0 aliphatic heterocycles. The lowest BCUT2D eigenvalue weighted by atomic mass is 9.97. The van der Waals surface area contributed by atoms with E-state index in [9.17, 15) is 0 Å². The van der Waals surface area contributed by atoms with Crippen molar-refractivity contribution < 1.29 is 0 Å². The van der Waals surface area contributed by atoms with Crippen LogP contribution in [-0.2, 0) is 0 Å². The van der Waals surface area contributed by atoms with Crippen molar-refractivity contribution in [2.24, 2.45) is 0 Å². The van der Waals surface area contributed by atoms with E-state index < -0.39 is 0 Å². The van der Waals surface area contributed by atoms with Crippen molar-refractivity contribution in [3.05, 3.63) is 29.8 Å². The van der Waals surface area contributed by atoms with Crippen LogP contribution in [0.5, 0.6) is 0 Å². The van der Waals surface area contributed by atoms with Crippen molar-refractivity contribution in [3.8, 4) is 0 Å². The number of rotatable bonds is 4. The summed E-state index contributed by atoms with van der Waals surface area (Å²) in [4.78, 5) is 2.22. The number of hydrogen-bond acceptors (Lipinski definition) is 2. The van der Waals surface area contributed by atoms with Crippen molar-refractivity contribution in [1.82, 2.24) is 4.90 Å². The van der Waals surface area contributed by atoms with Crippen LogP contribution in [-0.4, -0.2) is 25.5 Å². The third-order valence-corrected chi connectivity index (χ3v) is 2.51. The van der Waals surface area contributed by atoms with Crippen molar-refractivity contribution in [2.45, 2.75) is 19.3 Å². The van der Waals surface area contributed by atoms with Gasteiger partial charge in [-0.1, -0.05) is 19.1 Å². The van der Waals surface area contributed by atoms with E-state index in [0.717, 1.165) is 12.2 Å². The summed E-state index contributed by atoms with van der Waals surface area (Å²) in [5, 5.41) is 0. The van der Waals surface area contributed by atoms with Crippen molar-refractivity contribution in [3.63, 3.8) is 0 Å². The Morgan fingerprint density at radius 3 is 2.29 bits per heavy atom. The summed E-state index contributed by atoms with van der Waals surface area (Å²) in [6.45, 7) is 3.39. The summed E-state index contributed by atoms with van der Waals surface area (Å²) in [5.41, 5.74) is 7.86. The Bertz CT molecular complexity index is 264. The molecule has 0 aliphatic carbocycles. The van der Waals surface area contributed by atoms with E-state index in [1.54, 1.807) is 0 Å². The van der Waals surface area contributed by atoms with Crippen LogP contribution >= 0.6 is 0 Å². The molecule has 78 valence electrons. The number of hydrogen-bond donors (Lipinski definition) is 1. The van der Waals surface area contributed by atoms with Gasteiger partial charge < -0.3 is 10.6 Å². The number of benzene rings is 1. The predicted octanol–water partition coefficient (Wildman–Crippen LogP) is 2.32. The number of nitrogens with two attached hydrogens (primary N) is 1. The van der Waals surface area contributed by atoms with Crippen LogP contribution in [0.4, 0.5) is 5.69 Å². The van der Waals surface area contributed by atoms with Crippen LogP contribution < -0.4 is 5.73 Å². The lowest BCUT2D eigenvalue weighted by molar-refractivity contribution is 0.386. The molecule has 0 spiro atoms. The fourth-order valence-corrected chi connectivity index (χ4v) is 1.44. The Labute approximate surface area is 86.7 Å². The molecule has 2 N–H and O–H groups in total. The molecule has 1 atom stereocenters.